The molecule has 24 heavy (non-hydrogen) atoms. The van der Waals surface area contributed by atoms with Crippen LogP contribution < -0.4 is 0 Å². The van der Waals surface area contributed by atoms with Gasteiger partial charge in [0.1, 0.15) is 0 Å². The van der Waals surface area contributed by atoms with Gasteiger partial charge in [-0.3, -0.25) is 4.90 Å². The molecule has 0 aliphatic carbocycles. The Balaban J connectivity index is 1.55. The van der Waals surface area contributed by atoms with Crippen molar-refractivity contribution in [2.75, 3.05) is 13.3 Å². The Morgan fingerprint density at radius 3 is 2.42 bits per heavy atom. The highest BCUT2D eigenvalue weighted by Crippen LogP contribution is 2.16. The molecule has 1 aromatic heterocycles. The van der Waals surface area contributed by atoms with E-state index in [9.17, 15) is 0 Å². The van der Waals surface area contributed by atoms with Crippen LogP contribution in [0.3, 0.4) is 0 Å². The molecule has 0 amide bonds. The normalized spacial score (nSPS) is 11.1. The first kappa shape index (κ1) is 16.7. The molecule has 0 fully saturated rings. The summed E-state index contributed by atoms with van der Waals surface area (Å²) in [6.07, 6.45) is 2.79. The second-order valence-electron chi connectivity index (χ2n) is 5.79. The third kappa shape index (κ3) is 4.69. The van der Waals surface area contributed by atoms with Gasteiger partial charge in [0, 0.05) is 17.9 Å². The van der Waals surface area contributed by atoms with Crippen LogP contribution in [0.15, 0.2) is 64.0 Å². The fraction of sp³-hybridized carbons (Fsp3) is 0.263. The highest BCUT2D eigenvalue weighted by molar-refractivity contribution is 7.98. The zero-order valence-electron chi connectivity index (χ0n) is 14.0. The maximum atomic E-state index is 5.38. The van der Waals surface area contributed by atoms with Gasteiger partial charge in [-0.15, -0.1) is 11.8 Å². The van der Waals surface area contributed by atoms with Crippen molar-refractivity contribution in [2.45, 2.75) is 24.4 Å². The molecule has 2 aromatic carbocycles. The molecule has 124 valence electrons. The van der Waals surface area contributed by atoms with E-state index in [0.717, 1.165) is 12.4 Å². The molecule has 5 heteroatoms. The predicted molar refractivity (Wildman–Crippen MR) is 96.9 cm³/mol. The molecule has 0 saturated carbocycles. The summed E-state index contributed by atoms with van der Waals surface area (Å²) >= 11 is 1.76. The second-order valence-corrected chi connectivity index (χ2v) is 6.67. The number of thioether (sulfide) groups is 1. The van der Waals surface area contributed by atoms with Crippen LogP contribution in [-0.4, -0.2) is 28.3 Å². The number of rotatable bonds is 7. The molecule has 0 spiro atoms. The lowest BCUT2D eigenvalue weighted by molar-refractivity contribution is 0.260. The van der Waals surface area contributed by atoms with Gasteiger partial charge in [-0.05, 0) is 36.6 Å². The van der Waals surface area contributed by atoms with Gasteiger partial charge in [0.25, 0.3) is 0 Å². The average Bonchev–Trinajstić information content (AvgIpc) is 3.03. The van der Waals surface area contributed by atoms with E-state index < -0.39 is 0 Å². The molecule has 3 rings (SSSR count). The highest BCUT2D eigenvalue weighted by atomic mass is 32.2. The van der Waals surface area contributed by atoms with Crippen LogP contribution >= 0.6 is 11.8 Å². The summed E-state index contributed by atoms with van der Waals surface area (Å²) in [6, 6.07) is 18.8. The topological polar surface area (TPSA) is 42.2 Å². The van der Waals surface area contributed by atoms with E-state index in [2.05, 4.69) is 64.7 Å². The molecule has 0 unspecified atom stereocenters. The summed E-state index contributed by atoms with van der Waals surface area (Å²) in [6.45, 7) is 1.50. The van der Waals surface area contributed by atoms with Gasteiger partial charge in [-0.2, -0.15) is 4.98 Å². The summed E-state index contributed by atoms with van der Waals surface area (Å²) in [5.74, 6) is 1.39. The zero-order valence-corrected chi connectivity index (χ0v) is 14.8. The van der Waals surface area contributed by atoms with Crippen molar-refractivity contribution in [1.29, 1.82) is 0 Å². The Morgan fingerprint density at radius 1 is 0.958 bits per heavy atom. The lowest BCUT2D eigenvalue weighted by atomic mass is 10.1. The number of hydrogen-bond donors (Lipinski definition) is 0. The van der Waals surface area contributed by atoms with Crippen molar-refractivity contribution in [2.24, 2.45) is 0 Å². The Bertz CT molecular complexity index is 756. The Morgan fingerprint density at radius 2 is 1.71 bits per heavy atom. The van der Waals surface area contributed by atoms with Crippen LogP contribution in [-0.2, 0) is 19.5 Å². The number of benzene rings is 2. The van der Waals surface area contributed by atoms with Gasteiger partial charge in [0.05, 0.1) is 6.54 Å². The summed E-state index contributed by atoms with van der Waals surface area (Å²) in [4.78, 5) is 7.95. The smallest absolute Gasteiger partial charge is 0.240 e. The van der Waals surface area contributed by atoms with E-state index in [-0.39, 0.29) is 0 Å². The maximum Gasteiger partial charge on any atom is 0.240 e. The molecule has 0 radical (unpaired) electrons. The average molecular weight is 339 g/mol. The first-order valence-electron chi connectivity index (χ1n) is 7.90. The molecular weight excluding hydrogens is 318 g/mol. The Labute approximate surface area is 146 Å². The minimum atomic E-state index is 0.645. The van der Waals surface area contributed by atoms with Crippen molar-refractivity contribution in [1.82, 2.24) is 15.0 Å². The molecule has 0 aliphatic heterocycles. The Hall–Kier alpha value is -2.11. The van der Waals surface area contributed by atoms with Gasteiger partial charge in [0.15, 0.2) is 5.82 Å². The number of nitrogens with zero attached hydrogens (tertiary/aromatic N) is 3. The monoisotopic (exact) mass is 339 g/mol. The molecule has 0 N–H and O–H groups in total. The van der Waals surface area contributed by atoms with E-state index in [1.54, 1.807) is 11.8 Å². The minimum absolute atomic E-state index is 0.645. The van der Waals surface area contributed by atoms with E-state index in [0.29, 0.717) is 18.9 Å². The third-order valence-electron chi connectivity index (χ3n) is 3.73. The van der Waals surface area contributed by atoms with Gasteiger partial charge in [-0.25, -0.2) is 0 Å². The van der Waals surface area contributed by atoms with E-state index >= 15 is 0 Å². The highest BCUT2D eigenvalue weighted by Gasteiger charge is 2.10. The van der Waals surface area contributed by atoms with Crippen molar-refractivity contribution < 1.29 is 4.52 Å². The van der Waals surface area contributed by atoms with Crippen LogP contribution in [0.2, 0.25) is 0 Å². The molecule has 0 bridgehead atoms. The fourth-order valence-electron chi connectivity index (χ4n) is 2.53. The molecule has 4 nitrogen and oxygen atoms in total. The molecule has 0 aliphatic rings. The quantitative estimate of drug-likeness (QED) is 0.608. The number of hydrogen-bond acceptors (Lipinski definition) is 5. The van der Waals surface area contributed by atoms with Crippen LogP contribution in [0.4, 0.5) is 0 Å². The zero-order chi connectivity index (χ0) is 16.8. The molecule has 3 aromatic rings. The first-order valence-corrected chi connectivity index (χ1v) is 9.12. The largest absolute Gasteiger partial charge is 0.338 e. The van der Waals surface area contributed by atoms with Crippen LogP contribution in [0.25, 0.3) is 0 Å². The van der Waals surface area contributed by atoms with Crippen LogP contribution in [0.1, 0.15) is 22.8 Å². The predicted octanol–water partition coefficient (Wildman–Crippen LogP) is 4.01. The van der Waals surface area contributed by atoms with Crippen molar-refractivity contribution in [3.8, 4) is 0 Å². The summed E-state index contributed by atoms with van der Waals surface area (Å²) in [5.41, 5.74) is 2.46. The standard InChI is InChI=1S/C19H21N3OS/c1-22(13-16-8-10-17(24-2)11-9-16)14-19-20-18(21-23-19)12-15-6-4-3-5-7-15/h3-11H,12-14H2,1-2H3. The van der Waals surface area contributed by atoms with Crippen molar-refractivity contribution in [3.63, 3.8) is 0 Å². The summed E-state index contributed by atoms with van der Waals surface area (Å²) in [7, 11) is 2.06. The second kappa shape index (κ2) is 8.13. The molecular formula is C19H21N3OS. The lowest BCUT2D eigenvalue weighted by Crippen LogP contribution is -2.17. The molecule has 1 heterocycles. The van der Waals surface area contributed by atoms with E-state index in [1.165, 1.54) is 16.0 Å². The van der Waals surface area contributed by atoms with Crippen molar-refractivity contribution >= 4 is 11.8 Å². The first-order chi connectivity index (χ1) is 11.7. The van der Waals surface area contributed by atoms with Gasteiger partial charge in [-0.1, -0.05) is 47.6 Å². The minimum Gasteiger partial charge on any atom is -0.338 e. The van der Waals surface area contributed by atoms with Gasteiger partial charge >= 0.3 is 0 Å². The van der Waals surface area contributed by atoms with Crippen LogP contribution in [0, 0.1) is 0 Å². The Kier molecular flexibility index (Phi) is 5.67. The van der Waals surface area contributed by atoms with Crippen molar-refractivity contribution in [3.05, 3.63) is 77.4 Å². The SMILES string of the molecule is CSc1ccc(CN(C)Cc2nc(Cc3ccccc3)no2)cc1. The lowest BCUT2D eigenvalue weighted by Gasteiger charge is -2.14. The summed E-state index contributed by atoms with van der Waals surface area (Å²) < 4.78 is 5.38. The maximum absolute atomic E-state index is 5.38. The molecule has 0 atom stereocenters. The fourth-order valence-corrected chi connectivity index (χ4v) is 2.94. The third-order valence-corrected chi connectivity index (χ3v) is 4.48. The molecule has 0 saturated heterocycles. The summed E-state index contributed by atoms with van der Waals surface area (Å²) in [5, 5.41) is 4.08. The van der Waals surface area contributed by atoms with Gasteiger partial charge < -0.3 is 4.52 Å². The van der Waals surface area contributed by atoms with E-state index in [4.69, 9.17) is 4.52 Å². The van der Waals surface area contributed by atoms with E-state index in [1.807, 2.05) is 18.2 Å². The van der Waals surface area contributed by atoms with Crippen LogP contribution in [0.5, 0.6) is 0 Å². The van der Waals surface area contributed by atoms with Gasteiger partial charge in [0.2, 0.25) is 5.89 Å². The number of aromatic nitrogens is 2.